The maximum Gasteiger partial charge on any atom is 0.335 e. The fourth-order valence-corrected chi connectivity index (χ4v) is 4.85. The van der Waals surface area contributed by atoms with E-state index in [9.17, 15) is 9.59 Å². The molecule has 2 aromatic rings. The highest BCUT2D eigenvalue weighted by Gasteiger charge is 2.48. The molecule has 0 spiro atoms. The molecule has 2 aromatic carbocycles. The molecule has 2 saturated heterocycles. The number of carbonyl (C=O) groups is 2. The van der Waals surface area contributed by atoms with Crippen LogP contribution < -0.4 is 10.1 Å². The third-order valence-electron chi connectivity index (χ3n) is 6.60. The summed E-state index contributed by atoms with van der Waals surface area (Å²) in [6, 6.07) is 13.7. The van der Waals surface area contributed by atoms with Gasteiger partial charge in [-0.15, -0.1) is 0 Å². The van der Waals surface area contributed by atoms with Gasteiger partial charge in [0.1, 0.15) is 17.4 Å². The van der Waals surface area contributed by atoms with Gasteiger partial charge in [-0.25, -0.2) is 4.79 Å². The number of ether oxygens (including phenoxy) is 2. The average molecular weight is 473 g/mol. The van der Waals surface area contributed by atoms with Crippen LogP contribution in [0.5, 0.6) is 5.75 Å². The van der Waals surface area contributed by atoms with E-state index >= 15 is 0 Å². The maximum absolute atomic E-state index is 13.6. The molecular formula is C25H29ClN2O5. The predicted molar refractivity (Wildman–Crippen MR) is 125 cm³/mol. The van der Waals surface area contributed by atoms with Gasteiger partial charge >= 0.3 is 5.97 Å². The van der Waals surface area contributed by atoms with E-state index in [0.29, 0.717) is 37.6 Å². The number of hydrogen-bond donors (Lipinski definition) is 2. The lowest BCUT2D eigenvalue weighted by molar-refractivity contribution is -0.140. The molecule has 2 aliphatic rings. The summed E-state index contributed by atoms with van der Waals surface area (Å²) in [4.78, 5) is 27.0. The SMILES string of the molecule is CC(NC(=O)C1(N2CC[C@@H](Oc3cccc(Cl)c3)C2)CCOCC1)c1ccc(C(=O)O)cc1. The first-order chi connectivity index (χ1) is 15.9. The third-order valence-corrected chi connectivity index (χ3v) is 6.83. The Hall–Kier alpha value is -2.61. The number of nitrogens with zero attached hydrogens (tertiary/aromatic N) is 1. The van der Waals surface area contributed by atoms with Crippen LogP contribution in [0.2, 0.25) is 5.02 Å². The monoisotopic (exact) mass is 472 g/mol. The van der Waals surface area contributed by atoms with E-state index < -0.39 is 11.5 Å². The highest BCUT2D eigenvalue weighted by atomic mass is 35.5. The minimum Gasteiger partial charge on any atom is -0.489 e. The third kappa shape index (κ3) is 5.32. The molecular weight excluding hydrogens is 444 g/mol. The molecule has 2 fully saturated rings. The fourth-order valence-electron chi connectivity index (χ4n) is 4.67. The molecule has 2 aliphatic heterocycles. The average Bonchev–Trinajstić information content (AvgIpc) is 3.28. The molecule has 0 bridgehead atoms. The molecule has 7 nitrogen and oxygen atoms in total. The molecule has 176 valence electrons. The normalized spacial score (nSPS) is 21.3. The number of nitrogens with one attached hydrogen (secondary N) is 1. The topological polar surface area (TPSA) is 88.1 Å². The molecule has 0 aromatic heterocycles. The second kappa shape index (κ2) is 10.1. The van der Waals surface area contributed by atoms with Crippen LogP contribution in [0.15, 0.2) is 48.5 Å². The highest BCUT2D eigenvalue weighted by molar-refractivity contribution is 6.30. The van der Waals surface area contributed by atoms with E-state index in [1.807, 2.05) is 25.1 Å². The number of aromatic carboxylic acids is 1. The number of amides is 1. The second-order valence-electron chi connectivity index (χ2n) is 8.70. The van der Waals surface area contributed by atoms with Crippen LogP contribution in [0.1, 0.15) is 48.1 Å². The van der Waals surface area contributed by atoms with Crippen molar-refractivity contribution in [1.82, 2.24) is 10.2 Å². The fraction of sp³-hybridized carbons (Fsp3) is 0.440. The van der Waals surface area contributed by atoms with E-state index in [0.717, 1.165) is 24.3 Å². The van der Waals surface area contributed by atoms with Crippen molar-refractivity contribution in [3.8, 4) is 5.75 Å². The van der Waals surface area contributed by atoms with Crippen LogP contribution in [-0.2, 0) is 9.53 Å². The van der Waals surface area contributed by atoms with Crippen LogP contribution in [0.25, 0.3) is 0 Å². The van der Waals surface area contributed by atoms with Crippen molar-refractivity contribution in [3.63, 3.8) is 0 Å². The lowest BCUT2D eigenvalue weighted by atomic mass is 9.86. The Morgan fingerprint density at radius 1 is 1.21 bits per heavy atom. The molecule has 4 rings (SSSR count). The van der Waals surface area contributed by atoms with E-state index in [4.69, 9.17) is 26.2 Å². The maximum atomic E-state index is 13.6. The molecule has 33 heavy (non-hydrogen) atoms. The van der Waals surface area contributed by atoms with Gasteiger partial charge in [-0.05, 0) is 62.1 Å². The molecule has 0 saturated carbocycles. The lowest BCUT2D eigenvalue weighted by Gasteiger charge is -2.43. The smallest absolute Gasteiger partial charge is 0.335 e. The summed E-state index contributed by atoms with van der Waals surface area (Å²) in [5, 5.41) is 12.9. The van der Waals surface area contributed by atoms with Gasteiger partial charge in [0.15, 0.2) is 0 Å². The molecule has 2 atom stereocenters. The first kappa shape index (κ1) is 23.5. The number of carboxylic acids is 1. The van der Waals surface area contributed by atoms with Crippen LogP contribution >= 0.6 is 11.6 Å². The van der Waals surface area contributed by atoms with E-state index in [1.165, 1.54) is 0 Å². The van der Waals surface area contributed by atoms with E-state index in [2.05, 4.69) is 10.2 Å². The Labute approximate surface area is 198 Å². The van der Waals surface area contributed by atoms with Crippen molar-refractivity contribution in [2.45, 2.75) is 43.9 Å². The summed E-state index contributed by atoms with van der Waals surface area (Å²) in [6.07, 6.45) is 2.05. The number of rotatable bonds is 7. The van der Waals surface area contributed by atoms with Gasteiger partial charge in [0.25, 0.3) is 0 Å². The van der Waals surface area contributed by atoms with Gasteiger partial charge in [-0.2, -0.15) is 0 Å². The summed E-state index contributed by atoms with van der Waals surface area (Å²) >= 11 is 6.08. The predicted octanol–water partition coefficient (Wildman–Crippen LogP) is 3.92. The van der Waals surface area contributed by atoms with E-state index in [-0.39, 0.29) is 23.6 Å². The van der Waals surface area contributed by atoms with Crippen LogP contribution in [0, 0.1) is 0 Å². The summed E-state index contributed by atoms with van der Waals surface area (Å²) in [6.45, 7) is 4.40. The number of carbonyl (C=O) groups excluding carboxylic acids is 1. The van der Waals surface area contributed by atoms with Gasteiger partial charge in [-0.1, -0.05) is 29.8 Å². The van der Waals surface area contributed by atoms with Crippen molar-refractivity contribution in [2.75, 3.05) is 26.3 Å². The Morgan fingerprint density at radius 3 is 2.61 bits per heavy atom. The number of carboxylic acid groups (broad SMARTS) is 1. The largest absolute Gasteiger partial charge is 0.489 e. The Morgan fingerprint density at radius 2 is 1.94 bits per heavy atom. The first-order valence-corrected chi connectivity index (χ1v) is 11.6. The van der Waals surface area contributed by atoms with Crippen molar-refractivity contribution >= 4 is 23.5 Å². The van der Waals surface area contributed by atoms with Gasteiger partial charge in [0, 0.05) is 31.3 Å². The standard InChI is InChI=1S/C25H29ClN2O5/c1-17(18-5-7-19(8-6-18)23(29)30)27-24(31)25(10-13-32-14-11-25)28-12-9-22(16-28)33-21-4-2-3-20(26)15-21/h2-8,15,17,22H,9-14,16H2,1H3,(H,27,31)(H,29,30)/t17?,22-/m1/s1. The highest BCUT2D eigenvalue weighted by Crippen LogP contribution is 2.34. The molecule has 1 unspecified atom stereocenters. The molecule has 2 heterocycles. The van der Waals surface area contributed by atoms with Gasteiger partial charge in [0.2, 0.25) is 5.91 Å². The van der Waals surface area contributed by atoms with Crippen LogP contribution in [0.4, 0.5) is 0 Å². The summed E-state index contributed by atoms with van der Waals surface area (Å²) in [5.74, 6) is -0.259. The van der Waals surface area contributed by atoms with Crippen molar-refractivity contribution in [3.05, 3.63) is 64.7 Å². The van der Waals surface area contributed by atoms with Crippen molar-refractivity contribution in [1.29, 1.82) is 0 Å². The molecule has 1 amide bonds. The van der Waals surface area contributed by atoms with Crippen molar-refractivity contribution < 1.29 is 24.2 Å². The second-order valence-corrected chi connectivity index (χ2v) is 9.13. The summed E-state index contributed by atoms with van der Waals surface area (Å²) in [7, 11) is 0. The van der Waals surface area contributed by atoms with E-state index in [1.54, 1.807) is 30.3 Å². The van der Waals surface area contributed by atoms with Crippen molar-refractivity contribution in [2.24, 2.45) is 0 Å². The molecule has 8 heteroatoms. The number of halogens is 1. The zero-order valence-electron chi connectivity index (χ0n) is 18.6. The summed E-state index contributed by atoms with van der Waals surface area (Å²) < 4.78 is 11.7. The zero-order valence-corrected chi connectivity index (χ0v) is 19.4. The Balaban J connectivity index is 1.45. The van der Waals surface area contributed by atoms with Gasteiger partial charge < -0.3 is 19.9 Å². The van der Waals surface area contributed by atoms with Crippen LogP contribution in [-0.4, -0.2) is 59.8 Å². The number of benzene rings is 2. The quantitative estimate of drug-likeness (QED) is 0.635. The number of likely N-dealkylation sites (tertiary alicyclic amines) is 1. The van der Waals surface area contributed by atoms with Gasteiger partial charge in [-0.3, -0.25) is 9.69 Å². The zero-order chi connectivity index (χ0) is 23.4. The summed E-state index contributed by atoms with van der Waals surface area (Å²) in [5.41, 5.74) is 0.431. The number of hydrogen-bond acceptors (Lipinski definition) is 5. The van der Waals surface area contributed by atoms with Crippen LogP contribution in [0.3, 0.4) is 0 Å². The van der Waals surface area contributed by atoms with Gasteiger partial charge in [0.05, 0.1) is 11.6 Å². The minimum absolute atomic E-state index is 0.0167. The molecule has 0 radical (unpaired) electrons. The minimum atomic E-state index is -0.969. The Bertz CT molecular complexity index is 991. The molecule has 2 N–H and O–H groups in total. The Kier molecular flexibility index (Phi) is 7.22. The lowest BCUT2D eigenvalue weighted by Crippen LogP contribution is -2.61. The molecule has 0 aliphatic carbocycles. The first-order valence-electron chi connectivity index (χ1n) is 11.3.